The predicted molar refractivity (Wildman–Crippen MR) is 92.9 cm³/mol. The smallest absolute Gasteiger partial charge is 0.326 e. The SMILES string of the molecule is C[C@H](C(=O)O)N1C(=O)/C(=C\c2ccc(N(C)C)cc2)SC1=S. The first-order chi connectivity index (χ1) is 10.3. The van der Waals surface area contributed by atoms with Crippen molar-refractivity contribution in [3.05, 3.63) is 34.7 Å². The zero-order valence-electron chi connectivity index (χ0n) is 12.4. The second kappa shape index (κ2) is 6.50. The summed E-state index contributed by atoms with van der Waals surface area (Å²) in [5, 5.41) is 9.05. The summed E-state index contributed by atoms with van der Waals surface area (Å²) in [5.41, 5.74) is 1.93. The number of aliphatic carboxylic acids is 1. The van der Waals surface area contributed by atoms with Gasteiger partial charge in [-0.1, -0.05) is 36.1 Å². The largest absolute Gasteiger partial charge is 0.480 e. The molecule has 1 aliphatic heterocycles. The molecule has 1 saturated heterocycles. The molecule has 1 aliphatic rings. The minimum atomic E-state index is -1.08. The van der Waals surface area contributed by atoms with Crippen molar-refractivity contribution < 1.29 is 14.7 Å². The lowest BCUT2D eigenvalue weighted by atomic mass is 10.2. The highest BCUT2D eigenvalue weighted by atomic mass is 32.2. The van der Waals surface area contributed by atoms with Crippen molar-refractivity contribution in [2.75, 3.05) is 19.0 Å². The molecule has 1 N–H and O–H groups in total. The zero-order chi connectivity index (χ0) is 16.4. The van der Waals surface area contributed by atoms with E-state index in [1.165, 1.54) is 6.92 Å². The minimum absolute atomic E-state index is 0.274. The lowest BCUT2D eigenvalue weighted by Gasteiger charge is -2.18. The molecule has 1 amide bonds. The van der Waals surface area contributed by atoms with Crippen LogP contribution in [0.15, 0.2) is 29.2 Å². The Morgan fingerprint density at radius 1 is 1.36 bits per heavy atom. The van der Waals surface area contributed by atoms with E-state index in [0.29, 0.717) is 4.91 Å². The number of carboxylic acids is 1. The van der Waals surface area contributed by atoms with Crippen molar-refractivity contribution in [2.45, 2.75) is 13.0 Å². The molecule has 5 nitrogen and oxygen atoms in total. The molecular formula is C15H16N2O3S2. The fraction of sp³-hybridized carbons (Fsp3) is 0.267. The lowest BCUT2D eigenvalue weighted by Crippen LogP contribution is -2.41. The van der Waals surface area contributed by atoms with Gasteiger partial charge in [-0.15, -0.1) is 0 Å². The summed E-state index contributed by atoms with van der Waals surface area (Å²) in [5.74, 6) is -1.44. The second-order valence-corrected chi connectivity index (χ2v) is 6.73. The van der Waals surface area contributed by atoms with Crippen LogP contribution in [0.1, 0.15) is 12.5 Å². The Morgan fingerprint density at radius 2 is 1.95 bits per heavy atom. The van der Waals surface area contributed by atoms with Gasteiger partial charge in [0.25, 0.3) is 5.91 Å². The third-order valence-corrected chi connectivity index (χ3v) is 4.61. The van der Waals surface area contributed by atoms with Crippen LogP contribution < -0.4 is 4.90 Å². The topological polar surface area (TPSA) is 60.9 Å². The Kier molecular flexibility index (Phi) is 4.87. The molecule has 0 bridgehead atoms. The molecule has 0 unspecified atom stereocenters. The van der Waals surface area contributed by atoms with Crippen LogP contribution in [-0.2, 0) is 9.59 Å². The van der Waals surface area contributed by atoms with Crippen molar-refractivity contribution in [3.8, 4) is 0 Å². The predicted octanol–water partition coefficient (Wildman–Crippen LogP) is 2.43. The molecule has 1 aromatic rings. The number of thioether (sulfide) groups is 1. The Bertz CT molecular complexity index is 653. The van der Waals surface area contributed by atoms with E-state index in [1.807, 2.05) is 43.3 Å². The summed E-state index contributed by atoms with van der Waals surface area (Å²) in [6.07, 6.45) is 1.73. The van der Waals surface area contributed by atoms with Gasteiger partial charge < -0.3 is 10.0 Å². The van der Waals surface area contributed by atoms with Crippen LogP contribution in [0.5, 0.6) is 0 Å². The van der Waals surface area contributed by atoms with Gasteiger partial charge in [0.2, 0.25) is 0 Å². The van der Waals surface area contributed by atoms with Crippen LogP contribution in [0.2, 0.25) is 0 Å². The van der Waals surface area contributed by atoms with Gasteiger partial charge in [-0.05, 0) is 30.7 Å². The molecule has 22 heavy (non-hydrogen) atoms. The second-order valence-electron chi connectivity index (χ2n) is 5.05. The number of benzene rings is 1. The summed E-state index contributed by atoms with van der Waals surface area (Å²) in [6, 6.07) is 6.75. The number of rotatable bonds is 4. The van der Waals surface area contributed by atoms with Crippen LogP contribution in [-0.4, -0.2) is 46.3 Å². The number of nitrogens with zero attached hydrogens (tertiary/aromatic N) is 2. The van der Waals surface area contributed by atoms with E-state index in [0.717, 1.165) is 27.9 Å². The van der Waals surface area contributed by atoms with Gasteiger partial charge in [0.05, 0.1) is 4.91 Å². The molecule has 1 heterocycles. The molecule has 0 aromatic heterocycles. The van der Waals surface area contributed by atoms with E-state index < -0.39 is 12.0 Å². The van der Waals surface area contributed by atoms with Crippen LogP contribution in [0.4, 0.5) is 5.69 Å². The highest BCUT2D eigenvalue weighted by Gasteiger charge is 2.38. The van der Waals surface area contributed by atoms with Crippen molar-refractivity contribution in [2.24, 2.45) is 0 Å². The molecule has 0 radical (unpaired) electrons. The van der Waals surface area contributed by atoms with Gasteiger partial charge in [-0.25, -0.2) is 4.79 Å². The number of carbonyl (C=O) groups is 2. The molecule has 1 atom stereocenters. The fourth-order valence-electron chi connectivity index (χ4n) is 1.94. The standard InChI is InChI=1S/C15H16N2O3S2/c1-9(14(19)20)17-13(18)12(22-15(17)21)8-10-4-6-11(7-5-10)16(2)3/h4-9H,1-3H3,(H,19,20)/b12-8+/t9-/m1/s1. The molecule has 116 valence electrons. The maximum absolute atomic E-state index is 12.3. The van der Waals surface area contributed by atoms with Gasteiger partial charge in [-0.2, -0.15) is 0 Å². The van der Waals surface area contributed by atoms with Crippen LogP contribution in [0.3, 0.4) is 0 Å². The average molecular weight is 336 g/mol. The van der Waals surface area contributed by atoms with E-state index in [-0.39, 0.29) is 10.2 Å². The number of amides is 1. The summed E-state index contributed by atoms with van der Waals surface area (Å²) >= 11 is 6.25. The number of hydrogen-bond donors (Lipinski definition) is 1. The number of anilines is 1. The Morgan fingerprint density at radius 3 is 2.45 bits per heavy atom. The molecule has 0 spiro atoms. The normalized spacial score (nSPS) is 18.0. The van der Waals surface area contributed by atoms with Gasteiger partial charge in [0.15, 0.2) is 0 Å². The third-order valence-electron chi connectivity index (χ3n) is 3.28. The highest BCUT2D eigenvalue weighted by Crippen LogP contribution is 2.34. The Labute approximate surface area is 138 Å². The summed E-state index contributed by atoms with van der Waals surface area (Å²) < 4.78 is 0.274. The third kappa shape index (κ3) is 3.31. The molecular weight excluding hydrogens is 320 g/mol. The fourth-order valence-corrected chi connectivity index (χ4v) is 3.36. The molecule has 1 fully saturated rings. The van der Waals surface area contributed by atoms with E-state index in [4.69, 9.17) is 17.3 Å². The maximum atomic E-state index is 12.3. The van der Waals surface area contributed by atoms with Crippen LogP contribution in [0, 0.1) is 0 Å². The summed E-state index contributed by atoms with van der Waals surface area (Å²) in [4.78, 5) is 26.9. The molecule has 2 rings (SSSR count). The minimum Gasteiger partial charge on any atom is -0.480 e. The van der Waals surface area contributed by atoms with E-state index >= 15 is 0 Å². The number of thiocarbonyl (C=S) groups is 1. The van der Waals surface area contributed by atoms with Crippen molar-refractivity contribution in [3.63, 3.8) is 0 Å². The quantitative estimate of drug-likeness (QED) is 0.673. The van der Waals surface area contributed by atoms with Crippen molar-refractivity contribution >= 4 is 51.9 Å². The first-order valence-corrected chi connectivity index (χ1v) is 7.81. The number of hydrogen-bond acceptors (Lipinski definition) is 5. The van der Waals surface area contributed by atoms with E-state index in [9.17, 15) is 9.59 Å². The number of carbonyl (C=O) groups excluding carboxylic acids is 1. The monoisotopic (exact) mass is 336 g/mol. The Balaban J connectivity index is 2.24. The van der Waals surface area contributed by atoms with Gasteiger partial charge in [0, 0.05) is 19.8 Å². The number of carboxylic acid groups (broad SMARTS) is 1. The molecule has 1 aromatic carbocycles. The van der Waals surface area contributed by atoms with Gasteiger partial charge >= 0.3 is 5.97 Å². The van der Waals surface area contributed by atoms with Gasteiger partial charge in [-0.3, -0.25) is 9.69 Å². The van der Waals surface area contributed by atoms with Crippen molar-refractivity contribution in [1.82, 2.24) is 4.90 Å². The van der Waals surface area contributed by atoms with E-state index in [2.05, 4.69) is 0 Å². The van der Waals surface area contributed by atoms with Gasteiger partial charge in [0.1, 0.15) is 10.4 Å². The first kappa shape index (κ1) is 16.5. The molecule has 7 heteroatoms. The average Bonchev–Trinajstić information content (AvgIpc) is 2.73. The summed E-state index contributed by atoms with van der Waals surface area (Å²) in [6.45, 7) is 1.45. The highest BCUT2D eigenvalue weighted by molar-refractivity contribution is 8.26. The van der Waals surface area contributed by atoms with Crippen molar-refractivity contribution in [1.29, 1.82) is 0 Å². The lowest BCUT2D eigenvalue weighted by molar-refractivity contribution is -0.144. The zero-order valence-corrected chi connectivity index (χ0v) is 14.1. The molecule has 0 aliphatic carbocycles. The summed E-state index contributed by atoms with van der Waals surface area (Å²) in [7, 11) is 3.90. The first-order valence-electron chi connectivity index (χ1n) is 6.58. The van der Waals surface area contributed by atoms with E-state index in [1.54, 1.807) is 6.08 Å². The van der Waals surface area contributed by atoms with Crippen LogP contribution >= 0.6 is 24.0 Å². The maximum Gasteiger partial charge on any atom is 0.326 e. The molecule has 0 saturated carbocycles. The van der Waals surface area contributed by atoms with Crippen LogP contribution in [0.25, 0.3) is 6.08 Å². The Hall–Kier alpha value is -1.86.